The Morgan fingerprint density at radius 2 is 2.33 bits per heavy atom. The number of benzene rings is 1. The summed E-state index contributed by atoms with van der Waals surface area (Å²) in [4.78, 5) is 13.7. The van der Waals surface area contributed by atoms with Gasteiger partial charge in [0.1, 0.15) is 0 Å². The molecule has 1 unspecified atom stereocenters. The Hall–Kier alpha value is -1.16. The summed E-state index contributed by atoms with van der Waals surface area (Å²) in [5.74, 6) is 1.19. The van der Waals surface area contributed by atoms with Crippen LogP contribution in [0.3, 0.4) is 0 Å². The van der Waals surface area contributed by atoms with Crippen LogP contribution >= 0.6 is 11.8 Å². The standard InChI is InChI=1S/C14H20N2OS/c1-3-12-9-16(6-7-18-12)11-4-5-13(10(2)17)14(15)8-11/h4-5,8,12H,3,6-7,9,15H2,1-2H3. The molecule has 1 aromatic carbocycles. The van der Waals surface area contributed by atoms with Gasteiger partial charge < -0.3 is 10.6 Å². The van der Waals surface area contributed by atoms with Crippen LogP contribution in [0.1, 0.15) is 30.6 Å². The lowest BCUT2D eigenvalue weighted by molar-refractivity contribution is 0.101. The molecule has 3 nitrogen and oxygen atoms in total. The van der Waals surface area contributed by atoms with Crippen LogP contribution < -0.4 is 10.6 Å². The van der Waals surface area contributed by atoms with Crippen LogP contribution in [0.5, 0.6) is 0 Å². The maximum Gasteiger partial charge on any atom is 0.161 e. The van der Waals surface area contributed by atoms with Gasteiger partial charge in [-0.3, -0.25) is 4.79 Å². The van der Waals surface area contributed by atoms with Crippen molar-refractivity contribution in [3.63, 3.8) is 0 Å². The number of hydrogen-bond acceptors (Lipinski definition) is 4. The van der Waals surface area contributed by atoms with Gasteiger partial charge in [-0.25, -0.2) is 0 Å². The second-order valence-corrected chi connectivity index (χ2v) is 6.08. The van der Waals surface area contributed by atoms with E-state index < -0.39 is 0 Å². The van der Waals surface area contributed by atoms with Gasteiger partial charge in [-0.1, -0.05) is 6.92 Å². The highest BCUT2D eigenvalue weighted by molar-refractivity contribution is 8.00. The third-order valence-corrected chi connectivity index (χ3v) is 4.75. The fourth-order valence-electron chi connectivity index (χ4n) is 2.27. The molecule has 0 aromatic heterocycles. The number of nitrogens with two attached hydrogens (primary N) is 1. The first-order chi connectivity index (χ1) is 8.61. The van der Waals surface area contributed by atoms with Crippen molar-refractivity contribution in [1.29, 1.82) is 0 Å². The van der Waals surface area contributed by atoms with Crippen molar-refractivity contribution in [2.75, 3.05) is 29.5 Å². The number of ketones is 1. The molecule has 0 bridgehead atoms. The summed E-state index contributed by atoms with van der Waals surface area (Å²) in [6.07, 6.45) is 1.20. The third kappa shape index (κ3) is 2.80. The molecule has 1 aliphatic heterocycles. The fraction of sp³-hybridized carbons (Fsp3) is 0.500. The van der Waals surface area contributed by atoms with Gasteiger partial charge in [0.15, 0.2) is 5.78 Å². The van der Waals surface area contributed by atoms with Crippen molar-refractivity contribution >= 4 is 28.9 Å². The zero-order valence-corrected chi connectivity index (χ0v) is 11.8. The Labute approximate surface area is 113 Å². The molecule has 1 heterocycles. The van der Waals surface area contributed by atoms with Crippen molar-refractivity contribution in [1.82, 2.24) is 0 Å². The van der Waals surface area contributed by atoms with E-state index in [2.05, 4.69) is 11.8 Å². The van der Waals surface area contributed by atoms with Crippen LogP contribution in [-0.4, -0.2) is 29.9 Å². The SMILES string of the molecule is CCC1CN(c2ccc(C(C)=O)c(N)c2)CCS1. The van der Waals surface area contributed by atoms with Crippen LogP contribution in [0.4, 0.5) is 11.4 Å². The van der Waals surface area contributed by atoms with Crippen LogP contribution in [0.15, 0.2) is 18.2 Å². The summed E-state index contributed by atoms with van der Waals surface area (Å²) in [7, 11) is 0. The van der Waals surface area contributed by atoms with Gasteiger partial charge >= 0.3 is 0 Å². The van der Waals surface area contributed by atoms with E-state index in [9.17, 15) is 4.79 Å². The van der Waals surface area contributed by atoms with Crippen LogP contribution in [-0.2, 0) is 0 Å². The van der Waals surface area contributed by atoms with E-state index in [0.29, 0.717) is 16.5 Å². The lowest BCUT2D eigenvalue weighted by Gasteiger charge is -2.33. The molecule has 0 amide bonds. The first kappa shape index (κ1) is 13.3. The van der Waals surface area contributed by atoms with E-state index in [1.807, 2.05) is 30.0 Å². The molecule has 1 aromatic rings. The minimum atomic E-state index is 0.0275. The number of carbonyl (C=O) groups is 1. The topological polar surface area (TPSA) is 46.3 Å². The van der Waals surface area contributed by atoms with E-state index in [4.69, 9.17) is 5.73 Å². The van der Waals surface area contributed by atoms with Crippen LogP contribution in [0, 0.1) is 0 Å². The van der Waals surface area contributed by atoms with E-state index in [1.165, 1.54) is 6.42 Å². The van der Waals surface area contributed by atoms with Gasteiger partial charge in [-0.05, 0) is 31.5 Å². The van der Waals surface area contributed by atoms with Gasteiger partial charge in [0.2, 0.25) is 0 Å². The fourth-order valence-corrected chi connectivity index (χ4v) is 3.45. The Balaban J connectivity index is 2.18. The van der Waals surface area contributed by atoms with Gasteiger partial charge in [-0.15, -0.1) is 0 Å². The smallest absolute Gasteiger partial charge is 0.161 e. The number of nitrogens with zero attached hydrogens (tertiary/aromatic N) is 1. The molecule has 2 rings (SSSR count). The number of carbonyl (C=O) groups excluding carboxylic acids is 1. The van der Waals surface area contributed by atoms with E-state index in [1.54, 1.807) is 6.92 Å². The minimum Gasteiger partial charge on any atom is -0.398 e. The summed E-state index contributed by atoms with van der Waals surface area (Å²) in [5.41, 5.74) is 8.29. The average Bonchev–Trinajstić information content (AvgIpc) is 2.38. The highest BCUT2D eigenvalue weighted by atomic mass is 32.2. The van der Waals surface area contributed by atoms with E-state index >= 15 is 0 Å². The molecule has 98 valence electrons. The number of Topliss-reactive ketones (excluding diaryl/α,β-unsaturated/α-hetero) is 1. The zero-order chi connectivity index (χ0) is 13.1. The Morgan fingerprint density at radius 3 is 2.94 bits per heavy atom. The van der Waals surface area contributed by atoms with E-state index in [0.717, 1.165) is 24.5 Å². The third-order valence-electron chi connectivity index (χ3n) is 3.37. The molecule has 18 heavy (non-hydrogen) atoms. The summed E-state index contributed by atoms with van der Waals surface area (Å²) in [5, 5.41) is 0.701. The summed E-state index contributed by atoms with van der Waals surface area (Å²) in [6.45, 7) is 5.91. The quantitative estimate of drug-likeness (QED) is 0.673. The predicted molar refractivity (Wildman–Crippen MR) is 79.6 cm³/mol. The number of nitrogen functional groups attached to an aromatic ring is 1. The highest BCUT2D eigenvalue weighted by Crippen LogP contribution is 2.28. The van der Waals surface area contributed by atoms with Gasteiger partial charge in [0, 0.05) is 41.0 Å². The number of anilines is 2. The lowest BCUT2D eigenvalue weighted by atomic mass is 10.1. The maximum absolute atomic E-state index is 11.4. The summed E-state index contributed by atoms with van der Waals surface area (Å²) < 4.78 is 0. The van der Waals surface area contributed by atoms with Crippen LogP contribution in [0.2, 0.25) is 0 Å². The molecule has 4 heteroatoms. The molecule has 1 saturated heterocycles. The molecular formula is C14H20N2OS. The monoisotopic (exact) mass is 264 g/mol. The average molecular weight is 264 g/mol. The lowest BCUT2D eigenvalue weighted by Crippen LogP contribution is -2.37. The van der Waals surface area contributed by atoms with E-state index in [-0.39, 0.29) is 5.78 Å². The molecule has 1 atom stereocenters. The molecule has 0 saturated carbocycles. The first-order valence-electron chi connectivity index (χ1n) is 6.38. The molecule has 1 aliphatic rings. The van der Waals surface area contributed by atoms with Crippen molar-refractivity contribution in [2.24, 2.45) is 0 Å². The largest absolute Gasteiger partial charge is 0.398 e. The van der Waals surface area contributed by atoms with Gasteiger partial charge in [-0.2, -0.15) is 11.8 Å². The van der Waals surface area contributed by atoms with Crippen molar-refractivity contribution in [3.05, 3.63) is 23.8 Å². The molecule has 1 fully saturated rings. The molecule has 0 aliphatic carbocycles. The number of hydrogen-bond donors (Lipinski definition) is 1. The predicted octanol–water partition coefficient (Wildman–Crippen LogP) is 2.80. The summed E-state index contributed by atoms with van der Waals surface area (Å²) in [6, 6.07) is 5.78. The number of rotatable bonds is 3. The van der Waals surface area contributed by atoms with Crippen LogP contribution in [0.25, 0.3) is 0 Å². The van der Waals surface area contributed by atoms with Crippen molar-refractivity contribution in [3.8, 4) is 0 Å². The number of thioether (sulfide) groups is 1. The Bertz CT molecular complexity index is 447. The van der Waals surface area contributed by atoms with Crippen molar-refractivity contribution in [2.45, 2.75) is 25.5 Å². The Kier molecular flexibility index (Phi) is 4.17. The highest BCUT2D eigenvalue weighted by Gasteiger charge is 2.19. The second-order valence-electron chi connectivity index (χ2n) is 4.67. The molecular weight excluding hydrogens is 244 g/mol. The first-order valence-corrected chi connectivity index (χ1v) is 7.43. The normalized spacial score (nSPS) is 19.9. The maximum atomic E-state index is 11.4. The molecule has 0 radical (unpaired) electrons. The minimum absolute atomic E-state index is 0.0275. The zero-order valence-electron chi connectivity index (χ0n) is 11.0. The van der Waals surface area contributed by atoms with Gasteiger partial charge in [0.25, 0.3) is 0 Å². The van der Waals surface area contributed by atoms with Crippen molar-refractivity contribution < 1.29 is 4.79 Å². The second kappa shape index (κ2) is 5.65. The van der Waals surface area contributed by atoms with Gasteiger partial charge in [0.05, 0.1) is 0 Å². The Morgan fingerprint density at radius 1 is 1.56 bits per heavy atom. The molecule has 0 spiro atoms. The molecule has 2 N–H and O–H groups in total. The summed E-state index contributed by atoms with van der Waals surface area (Å²) >= 11 is 2.05.